The standard InChI is InChI=1S/2C6H11ClN4O3/c2*1-5(12)10(2)8-6(13)11(9-14)4-3-7/h2*3-4H2,1-2H3,(H,8,13). The van der Waals surface area contributed by atoms with E-state index in [1.54, 1.807) is 0 Å². The van der Waals surface area contributed by atoms with Gasteiger partial charge in [0.1, 0.15) is 0 Å². The van der Waals surface area contributed by atoms with E-state index in [2.05, 4.69) is 21.4 Å². The highest BCUT2D eigenvalue weighted by Crippen LogP contribution is 1.93. The molecule has 0 aromatic rings. The van der Waals surface area contributed by atoms with Gasteiger partial charge in [0, 0.05) is 39.7 Å². The van der Waals surface area contributed by atoms with E-state index in [4.69, 9.17) is 23.2 Å². The Morgan fingerprint density at radius 2 is 1.04 bits per heavy atom. The van der Waals surface area contributed by atoms with Crippen molar-refractivity contribution in [1.29, 1.82) is 0 Å². The predicted octanol–water partition coefficient (Wildman–Crippen LogP) is 0.623. The van der Waals surface area contributed by atoms with Crippen molar-refractivity contribution in [3.63, 3.8) is 0 Å². The number of hydrogen-bond donors (Lipinski definition) is 2. The smallest absolute Gasteiger partial charge is 0.273 e. The molecular formula is C12H22Cl2N8O6. The number of alkyl halides is 2. The molecule has 0 aliphatic carbocycles. The Balaban J connectivity index is 0. The van der Waals surface area contributed by atoms with Crippen molar-refractivity contribution < 1.29 is 19.2 Å². The zero-order valence-electron chi connectivity index (χ0n) is 15.7. The number of nitrogens with zero attached hydrogens (tertiary/aromatic N) is 6. The summed E-state index contributed by atoms with van der Waals surface area (Å²) < 4.78 is 0. The second kappa shape index (κ2) is 15.3. The van der Waals surface area contributed by atoms with Crippen LogP contribution in [-0.2, 0) is 9.59 Å². The molecule has 0 fully saturated rings. The number of hydrogen-bond acceptors (Lipinski definition) is 8. The normalized spacial score (nSPS) is 9.07. The third-order valence-electron chi connectivity index (χ3n) is 2.73. The zero-order valence-corrected chi connectivity index (χ0v) is 17.2. The van der Waals surface area contributed by atoms with Crippen molar-refractivity contribution in [2.75, 3.05) is 38.9 Å². The van der Waals surface area contributed by atoms with Crippen LogP contribution in [0, 0.1) is 9.81 Å². The van der Waals surface area contributed by atoms with Gasteiger partial charge in [0.05, 0.1) is 23.7 Å². The molecule has 2 N–H and O–H groups in total. The Morgan fingerprint density at radius 3 is 1.21 bits per heavy atom. The maximum absolute atomic E-state index is 11.1. The molecule has 0 rings (SSSR count). The fourth-order valence-corrected chi connectivity index (χ4v) is 1.40. The molecule has 0 aromatic carbocycles. The molecule has 160 valence electrons. The van der Waals surface area contributed by atoms with Crippen molar-refractivity contribution >= 4 is 47.1 Å². The first-order valence-electron chi connectivity index (χ1n) is 7.48. The summed E-state index contributed by atoms with van der Waals surface area (Å²) in [7, 11) is 2.70. The van der Waals surface area contributed by atoms with Crippen LogP contribution in [0.25, 0.3) is 0 Å². The number of carbonyl (C=O) groups excluding carboxylic acids is 4. The van der Waals surface area contributed by atoms with Gasteiger partial charge in [0.25, 0.3) is 0 Å². The predicted molar refractivity (Wildman–Crippen MR) is 100 cm³/mol. The zero-order chi connectivity index (χ0) is 22.3. The molecule has 0 spiro atoms. The van der Waals surface area contributed by atoms with E-state index >= 15 is 0 Å². The second-order valence-electron chi connectivity index (χ2n) is 4.78. The van der Waals surface area contributed by atoms with Crippen molar-refractivity contribution in [3.05, 3.63) is 9.81 Å². The molecule has 0 atom stereocenters. The Kier molecular flexibility index (Phi) is 15.0. The van der Waals surface area contributed by atoms with Gasteiger partial charge in [0.15, 0.2) is 0 Å². The van der Waals surface area contributed by atoms with E-state index in [-0.39, 0.29) is 36.7 Å². The lowest BCUT2D eigenvalue weighted by molar-refractivity contribution is -0.130. The molecule has 0 aliphatic rings. The molecule has 0 aromatic heterocycles. The Labute approximate surface area is 170 Å². The first-order valence-corrected chi connectivity index (χ1v) is 8.55. The molecular weight excluding hydrogens is 423 g/mol. The van der Waals surface area contributed by atoms with E-state index in [0.29, 0.717) is 10.0 Å². The Hall–Kier alpha value is -2.74. The molecule has 0 heterocycles. The van der Waals surface area contributed by atoms with Crippen LogP contribution in [0.3, 0.4) is 0 Å². The summed E-state index contributed by atoms with van der Waals surface area (Å²) in [6.07, 6.45) is 0. The van der Waals surface area contributed by atoms with Crippen LogP contribution in [0.4, 0.5) is 9.59 Å². The van der Waals surface area contributed by atoms with Gasteiger partial charge in [0.2, 0.25) is 11.8 Å². The van der Waals surface area contributed by atoms with Crippen molar-refractivity contribution in [2.45, 2.75) is 13.8 Å². The molecule has 6 amide bonds. The van der Waals surface area contributed by atoms with Gasteiger partial charge < -0.3 is 0 Å². The van der Waals surface area contributed by atoms with Crippen LogP contribution in [0.5, 0.6) is 0 Å². The number of nitrogens with one attached hydrogen (secondary N) is 2. The molecule has 0 bridgehead atoms. The highest BCUT2D eigenvalue weighted by atomic mass is 35.5. The highest BCUT2D eigenvalue weighted by Gasteiger charge is 2.16. The number of urea groups is 2. The third kappa shape index (κ3) is 11.8. The molecule has 28 heavy (non-hydrogen) atoms. The lowest BCUT2D eigenvalue weighted by Crippen LogP contribution is -2.47. The fourth-order valence-electron chi connectivity index (χ4n) is 1.08. The van der Waals surface area contributed by atoms with Gasteiger partial charge in [-0.1, -0.05) is 0 Å². The van der Waals surface area contributed by atoms with Crippen LogP contribution in [0.1, 0.15) is 13.8 Å². The van der Waals surface area contributed by atoms with Crippen LogP contribution in [-0.4, -0.2) is 82.9 Å². The van der Waals surface area contributed by atoms with E-state index in [9.17, 15) is 29.0 Å². The fraction of sp³-hybridized carbons (Fsp3) is 0.667. The second-order valence-corrected chi connectivity index (χ2v) is 5.53. The minimum atomic E-state index is -0.793. The van der Waals surface area contributed by atoms with Gasteiger partial charge >= 0.3 is 12.1 Å². The topological polar surface area (TPSA) is 164 Å². The van der Waals surface area contributed by atoms with Crippen molar-refractivity contribution in [3.8, 4) is 0 Å². The molecule has 0 saturated carbocycles. The number of carbonyl (C=O) groups is 4. The van der Waals surface area contributed by atoms with Gasteiger partial charge in [-0.25, -0.2) is 20.4 Å². The number of halogens is 2. The number of rotatable bonds is 6. The summed E-state index contributed by atoms with van der Waals surface area (Å²) in [4.78, 5) is 64.0. The summed E-state index contributed by atoms with van der Waals surface area (Å²) in [6.45, 7) is 2.51. The Bertz CT molecular complexity index is 518. The van der Waals surface area contributed by atoms with E-state index in [1.807, 2.05) is 0 Å². The monoisotopic (exact) mass is 444 g/mol. The van der Waals surface area contributed by atoms with E-state index < -0.39 is 12.1 Å². The summed E-state index contributed by atoms with van der Waals surface area (Å²) in [5.41, 5.74) is 4.27. The van der Waals surface area contributed by atoms with Crippen LogP contribution in [0.2, 0.25) is 0 Å². The lowest BCUT2D eigenvalue weighted by Gasteiger charge is -2.19. The van der Waals surface area contributed by atoms with E-state index in [1.165, 1.54) is 27.9 Å². The highest BCUT2D eigenvalue weighted by molar-refractivity contribution is 6.18. The van der Waals surface area contributed by atoms with Gasteiger partial charge in [-0.2, -0.15) is 10.0 Å². The van der Waals surface area contributed by atoms with Crippen LogP contribution >= 0.6 is 23.2 Å². The first kappa shape index (κ1) is 27.5. The van der Waals surface area contributed by atoms with Gasteiger partial charge in [-0.15, -0.1) is 33.0 Å². The quantitative estimate of drug-likeness (QED) is 0.346. The lowest BCUT2D eigenvalue weighted by atomic mass is 10.7. The molecule has 0 radical (unpaired) electrons. The van der Waals surface area contributed by atoms with Crippen molar-refractivity contribution in [1.82, 2.24) is 30.9 Å². The molecule has 0 unspecified atom stereocenters. The minimum absolute atomic E-state index is 0.0113. The van der Waals surface area contributed by atoms with Crippen molar-refractivity contribution in [2.24, 2.45) is 10.6 Å². The largest absolute Gasteiger partial charge is 0.359 e. The average Bonchev–Trinajstić information content (AvgIpc) is 2.63. The summed E-state index contributed by atoms with van der Waals surface area (Å²) in [5.74, 6) is -0.559. The maximum Gasteiger partial charge on any atom is 0.359 e. The molecule has 0 saturated heterocycles. The first-order chi connectivity index (χ1) is 13.0. The summed E-state index contributed by atoms with van der Waals surface area (Å²) >= 11 is 10.6. The SMILES string of the molecule is CC(=O)N(C)NC(=O)N(CCCl)N=O.CC(=O)N(C)NC(=O)N(CCCl)N=O. The average molecular weight is 445 g/mol. The Morgan fingerprint density at radius 1 is 0.750 bits per heavy atom. The molecule has 0 aliphatic heterocycles. The maximum atomic E-state index is 11.1. The van der Waals surface area contributed by atoms with Crippen LogP contribution < -0.4 is 10.9 Å². The van der Waals surface area contributed by atoms with Gasteiger partial charge in [-0.3, -0.25) is 19.6 Å². The summed E-state index contributed by atoms with van der Waals surface area (Å²) in [6, 6.07) is -1.59. The molecule has 14 nitrogen and oxygen atoms in total. The third-order valence-corrected chi connectivity index (χ3v) is 3.07. The summed E-state index contributed by atoms with van der Waals surface area (Å²) in [5, 5.41) is 7.94. The number of amides is 6. The minimum Gasteiger partial charge on any atom is -0.273 e. The van der Waals surface area contributed by atoms with Crippen LogP contribution in [0.15, 0.2) is 10.6 Å². The number of nitroso groups, excluding NO2 is 2. The van der Waals surface area contributed by atoms with E-state index in [0.717, 1.165) is 10.0 Å². The molecule has 16 heteroatoms. The number of hydrazine groups is 2. The van der Waals surface area contributed by atoms with Gasteiger partial charge in [-0.05, 0) is 0 Å².